The highest BCUT2D eigenvalue weighted by atomic mass is 35.5. The van der Waals surface area contributed by atoms with Crippen molar-refractivity contribution in [3.63, 3.8) is 0 Å². The number of hydrogen-bond donors (Lipinski definition) is 1. The first-order chi connectivity index (χ1) is 10.3. The lowest BCUT2D eigenvalue weighted by Gasteiger charge is -2.30. The molecule has 0 saturated carbocycles. The van der Waals surface area contributed by atoms with Crippen molar-refractivity contribution < 1.29 is 9.90 Å². The number of carbonyl (C=O) groups excluding carboxylic acids is 1. The average molecular weight is 319 g/mol. The zero-order chi connectivity index (χ0) is 16.8. The van der Waals surface area contributed by atoms with E-state index in [2.05, 4.69) is 4.99 Å². The van der Waals surface area contributed by atoms with Crippen molar-refractivity contribution in [3.8, 4) is 0 Å². The van der Waals surface area contributed by atoms with E-state index in [0.717, 1.165) is 10.7 Å². The summed E-state index contributed by atoms with van der Waals surface area (Å²) in [4.78, 5) is 15.7. The van der Waals surface area contributed by atoms with Gasteiger partial charge in [0, 0.05) is 29.1 Å². The number of allylic oxidation sites excluding steroid dienone is 2. The number of rotatable bonds is 2. The van der Waals surface area contributed by atoms with Gasteiger partial charge in [-0.05, 0) is 44.6 Å². The summed E-state index contributed by atoms with van der Waals surface area (Å²) in [7, 11) is 1.59. The summed E-state index contributed by atoms with van der Waals surface area (Å²) in [5.41, 5.74) is 2.70. The van der Waals surface area contributed by atoms with Crippen molar-refractivity contribution >= 4 is 30.8 Å². The molecule has 1 heterocycles. The largest absolute Gasteiger partial charge is 0.397 e. The molecule has 0 spiro atoms. The Balaban J connectivity index is 0.000000255. The first-order valence-corrected chi connectivity index (χ1v) is 7.61. The second kappa shape index (κ2) is 8.30. The Kier molecular flexibility index (Phi) is 7.04. The molecule has 1 aromatic rings. The van der Waals surface area contributed by atoms with Gasteiger partial charge < -0.3 is 9.90 Å². The van der Waals surface area contributed by atoms with Gasteiger partial charge in [-0.3, -0.25) is 4.99 Å². The van der Waals surface area contributed by atoms with Gasteiger partial charge in [0.05, 0.1) is 0 Å². The Morgan fingerprint density at radius 3 is 2.41 bits per heavy atom. The number of carbonyl (C=O) groups is 1. The monoisotopic (exact) mass is 318 g/mol. The molecule has 0 amide bonds. The van der Waals surface area contributed by atoms with Crippen LogP contribution in [0, 0.1) is 6.92 Å². The molecule has 1 aliphatic heterocycles. The van der Waals surface area contributed by atoms with Crippen LogP contribution in [-0.4, -0.2) is 30.9 Å². The van der Waals surface area contributed by atoms with Crippen LogP contribution in [0.15, 0.2) is 40.5 Å². The molecule has 0 aromatic heterocycles. The molecule has 0 aliphatic carbocycles. The molecule has 1 aliphatic rings. The van der Waals surface area contributed by atoms with Crippen molar-refractivity contribution in [1.29, 1.82) is 0 Å². The molecule has 22 heavy (non-hydrogen) atoms. The van der Waals surface area contributed by atoms with E-state index in [-0.39, 0.29) is 12.3 Å². The van der Waals surface area contributed by atoms with Gasteiger partial charge in [0.25, 0.3) is 0 Å². The van der Waals surface area contributed by atoms with Crippen molar-refractivity contribution in [2.75, 3.05) is 6.61 Å². The molecule has 5 heteroatoms. The van der Waals surface area contributed by atoms with E-state index < -0.39 is 5.31 Å². The summed E-state index contributed by atoms with van der Waals surface area (Å²) < 4.78 is 0. The third-order valence-corrected chi connectivity index (χ3v) is 3.76. The normalized spacial score (nSPS) is 21.5. The predicted molar refractivity (Wildman–Crippen MR) is 93.9 cm³/mol. The molecule has 1 aromatic carbocycles. The van der Waals surface area contributed by atoms with Gasteiger partial charge in [-0.1, -0.05) is 36.2 Å². The van der Waals surface area contributed by atoms with Crippen LogP contribution in [0.1, 0.15) is 32.8 Å². The number of nitrogens with zero attached hydrogens (tertiary/aromatic N) is 1. The molecule has 1 radical (unpaired) electrons. The predicted octanol–water partition coefficient (Wildman–Crippen LogP) is 3.80. The molecule has 1 N–H and O–H groups in total. The summed E-state index contributed by atoms with van der Waals surface area (Å²) >= 11 is 5.61. The van der Waals surface area contributed by atoms with E-state index in [9.17, 15) is 9.90 Å². The molecular weight excluding hydrogens is 296 g/mol. The standard InChI is InChI=1S/C10H15BNO2.C7H7Cl/c1-4-12-8-5-10(3,6-13)11-9(14)7(8)2;1-6-2-4-7(8)5-3-6/h4,13H,5-6H2,1-3H3;2-5H,1H3. The fraction of sp³-hybridized carbons (Fsp3) is 0.412. The Morgan fingerprint density at radius 2 is 1.95 bits per heavy atom. The summed E-state index contributed by atoms with van der Waals surface area (Å²) in [5, 5.41) is 9.54. The minimum Gasteiger partial charge on any atom is -0.397 e. The van der Waals surface area contributed by atoms with E-state index >= 15 is 0 Å². The number of aliphatic imine (C=N–C) groups is 1. The Hall–Kier alpha value is -1.39. The number of hydrogen-bond acceptors (Lipinski definition) is 3. The lowest BCUT2D eigenvalue weighted by Crippen LogP contribution is -2.33. The molecule has 2 rings (SSSR count). The SMILES string of the molecule is CC=NC1=C(C)C(=O)[B]C(C)(CO)C1.Cc1ccc(Cl)cc1. The smallest absolute Gasteiger partial charge is 0.218 e. The first-order valence-electron chi connectivity index (χ1n) is 7.23. The van der Waals surface area contributed by atoms with Crippen molar-refractivity contribution in [1.82, 2.24) is 0 Å². The zero-order valence-corrected chi connectivity index (χ0v) is 14.3. The van der Waals surface area contributed by atoms with Crippen LogP contribution in [0.2, 0.25) is 10.3 Å². The van der Waals surface area contributed by atoms with Gasteiger partial charge in [0.1, 0.15) is 5.68 Å². The highest BCUT2D eigenvalue weighted by Crippen LogP contribution is 2.37. The highest BCUT2D eigenvalue weighted by Gasteiger charge is 2.35. The Morgan fingerprint density at radius 1 is 1.36 bits per heavy atom. The Labute approximate surface area is 138 Å². The van der Waals surface area contributed by atoms with E-state index in [4.69, 9.17) is 11.6 Å². The second-order valence-corrected chi connectivity index (χ2v) is 6.19. The van der Waals surface area contributed by atoms with Crippen LogP contribution in [0.25, 0.3) is 0 Å². The molecule has 0 bridgehead atoms. The van der Waals surface area contributed by atoms with Crippen molar-refractivity contribution in [3.05, 3.63) is 46.1 Å². The fourth-order valence-electron chi connectivity index (χ4n) is 2.07. The van der Waals surface area contributed by atoms with Crippen LogP contribution >= 0.6 is 11.6 Å². The van der Waals surface area contributed by atoms with Crippen molar-refractivity contribution in [2.24, 2.45) is 4.99 Å². The van der Waals surface area contributed by atoms with Gasteiger partial charge in [0.15, 0.2) is 0 Å². The molecule has 117 valence electrons. The average Bonchev–Trinajstić information content (AvgIpc) is 2.48. The van der Waals surface area contributed by atoms with Crippen LogP contribution in [0.4, 0.5) is 0 Å². The lowest BCUT2D eigenvalue weighted by atomic mass is 9.45. The summed E-state index contributed by atoms with van der Waals surface area (Å²) in [5.74, 6) is 0. The molecule has 3 nitrogen and oxygen atoms in total. The molecule has 0 fully saturated rings. The van der Waals surface area contributed by atoms with E-state index in [1.165, 1.54) is 5.56 Å². The fourth-order valence-corrected chi connectivity index (χ4v) is 2.19. The number of halogens is 1. The number of aliphatic hydroxyl groups excluding tert-OH is 1. The molecule has 0 saturated heterocycles. The maximum Gasteiger partial charge on any atom is 0.218 e. The molecular formula is C17H22BClNO2. The maximum absolute atomic E-state index is 11.6. The van der Waals surface area contributed by atoms with Crippen LogP contribution in [0.3, 0.4) is 0 Å². The van der Waals surface area contributed by atoms with Crippen LogP contribution < -0.4 is 0 Å². The maximum atomic E-state index is 11.6. The summed E-state index contributed by atoms with van der Waals surface area (Å²) in [6.07, 6.45) is 2.31. The van der Waals surface area contributed by atoms with E-state index in [1.54, 1.807) is 20.4 Å². The quantitative estimate of drug-likeness (QED) is 0.666. The first kappa shape index (κ1) is 18.7. The minimum atomic E-state index is -0.446. The van der Waals surface area contributed by atoms with Gasteiger partial charge >= 0.3 is 0 Å². The molecule has 1 unspecified atom stereocenters. The van der Waals surface area contributed by atoms with Gasteiger partial charge in [-0.2, -0.15) is 0 Å². The number of benzene rings is 1. The van der Waals surface area contributed by atoms with E-state index in [0.29, 0.717) is 12.0 Å². The number of aryl methyl sites for hydroxylation is 1. The van der Waals surface area contributed by atoms with Crippen molar-refractivity contribution in [2.45, 2.75) is 39.4 Å². The zero-order valence-electron chi connectivity index (χ0n) is 13.6. The second-order valence-electron chi connectivity index (χ2n) is 5.75. The minimum absolute atomic E-state index is 0.0191. The number of aliphatic hydroxyl groups is 1. The summed E-state index contributed by atoms with van der Waals surface area (Å²) in [6, 6.07) is 7.75. The lowest BCUT2D eigenvalue weighted by molar-refractivity contribution is -0.109. The summed E-state index contributed by atoms with van der Waals surface area (Å²) in [6.45, 7) is 7.48. The Bertz CT molecular complexity index is 560. The topological polar surface area (TPSA) is 49.7 Å². The van der Waals surface area contributed by atoms with Crippen LogP contribution in [0.5, 0.6) is 0 Å². The molecule has 1 atom stereocenters. The van der Waals surface area contributed by atoms with Gasteiger partial charge in [0.2, 0.25) is 7.28 Å². The third-order valence-electron chi connectivity index (χ3n) is 3.51. The van der Waals surface area contributed by atoms with E-state index in [1.807, 2.05) is 45.0 Å². The third kappa shape index (κ3) is 5.43. The van der Waals surface area contributed by atoms with Gasteiger partial charge in [-0.15, -0.1) is 0 Å². The highest BCUT2D eigenvalue weighted by molar-refractivity contribution is 6.80. The van der Waals surface area contributed by atoms with Gasteiger partial charge in [-0.25, -0.2) is 0 Å². The van der Waals surface area contributed by atoms with Crippen LogP contribution in [-0.2, 0) is 4.79 Å².